The van der Waals surface area contributed by atoms with Crippen molar-refractivity contribution in [1.82, 2.24) is 9.97 Å². The van der Waals surface area contributed by atoms with E-state index in [9.17, 15) is 0 Å². The molecule has 0 amide bonds. The van der Waals surface area contributed by atoms with Crippen LogP contribution in [0, 0.1) is 11.8 Å². The van der Waals surface area contributed by atoms with E-state index in [1.165, 1.54) is 6.42 Å². The third-order valence-electron chi connectivity index (χ3n) is 3.08. The summed E-state index contributed by atoms with van der Waals surface area (Å²) in [4.78, 5) is 10.6. The summed E-state index contributed by atoms with van der Waals surface area (Å²) in [6.07, 6.45) is 2.96. The zero-order valence-electron chi connectivity index (χ0n) is 9.57. The van der Waals surface area contributed by atoms with Crippen molar-refractivity contribution < 1.29 is 0 Å². The Bertz CT molecular complexity index is 339. The zero-order valence-corrected chi connectivity index (χ0v) is 9.57. The maximum Gasteiger partial charge on any atom is 0.133 e. The van der Waals surface area contributed by atoms with Crippen LogP contribution in [0.2, 0.25) is 0 Å². The summed E-state index contributed by atoms with van der Waals surface area (Å²) in [5, 5.41) is 3.02. The first kappa shape index (κ1) is 10.2. The highest BCUT2D eigenvalue weighted by molar-refractivity contribution is 5.47. The lowest BCUT2D eigenvalue weighted by molar-refractivity contribution is 0.719. The van der Waals surface area contributed by atoms with E-state index < -0.39 is 0 Å². The van der Waals surface area contributed by atoms with Gasteiger partial charge in [-0.2, -0.15) is 0 Å². The molecule has 15 heavy (non-hydrogen) atoms. The van der Waals surface area contributed by atoms with E-state index in [1.54, 1.807) is 6.33 Å². The molecule has 1 aromatic heterocycles. The van der Waals surface area contributed by atoms with Gasteiger partial charge in [0, 0.05) is 26.7 Å². The molecule has 4 heteroatoms. The fraction of sp³-hybridized carbons (Fsp3) is 0.636. The van der Waals surface area contributed by atoms with Gasteiger partial charge in [-0.1, -0.05) is 6.92 Å². The maximum absolute atomic E-state index is 4.27. The summed E-state index contributed by atoms with van der Waals surface area (Å²) in [7, 11) is 3.96. The fourth-order valence-corrected chi connectivity index (χ4v) is 1.79. The van der Waals surface area contributed by atoms with Crippen LogP contribution in [0.1, 0.15) is 13.3 Å². The highest BCUT2D eigenvalue weighted by Crippen LogP contribution is 2.38. The van der Waals surface area contributed by atoms with Gasteiger partial charge < -0.3 is 10.2 Å². The molecule has 1 aromatic rings. The lowest BCUT2D eigenvalue weighted by Crippen LogP contribution is -2.21. The number of rotatable bonds is 4. The molecule has 2 atom stereocenters. The van der Waals surface area contributed by atoms with E-state index >= 15 is 0 Å². The van der Waals surface area contributed by atoms with Crippen LogP contribution in [0.3, 0.4) is 0 Å². The summed E-state index contributed by atoms with van der Waals surface area (Å²) in [6.45, 7) is 3.40. The summed E-state index contributed by atoms with van der Waals surface area (Å²) >= 11 is 0. The molecule has 4 nitrogen and oxygen atoms in total. The molecule has 1 fully saturated rings. The van der Waals surface area contributed by atoms with Gasteiger partial charge in [-0.3, -0.25) is 0 Å². The van der Waals surface area contributed by atoms with Gasteiger partial charge in [0.15, 0.2) is 0 Å². The fourth-order valence-electron chi connectivity index (χ4n) is 1.79. The Morgan fingerprint density at radius 3 is 2.87 bits per heavy atom. The molecule has 0 spiro atoms. The largest absolute Gasteiger partial charge is 0.373 e. The van der Waals surface area contributed by atoms with E-state index in [0.29, 0.717) is 0 Å². The Kier molecular flexibility index (Phi) is 2.75. The Morgan fingerprint density at radius 2 is 2.27 bits per heavy atom. The van der Waals surface area contributed by atoms with Crippen LogP contribution in [0.25, 0.3) is 0 Å². The Morgan fingerprint density at radius 1 is 1.53 bits per heavy atom. The first-order valence-electron chi connectivity index (χ1n) is 5.41. The Labute approximate surface area is 90.7 Å². The predicted molar refractivity (Wildman–Crippen MR) is 62.1 cm³/mol. The third kappa shape index (κ3) is 2.37. The van der Waals surface area contributed by atoms with Gasteiger partial charge in [0.1, 0.15) is 18.0 Å². The van der Waals surface area contributed by atoms with Crippen molar-refractivity contribution in [1.29, 1.82) is 0 Å². The topological polar surface area (TPSA) is 41.0 Å². The van der Waals surface area contributed by atoms with Crippen molar-refractivity contribution in [3.8, 4) is 0 Å². The molecular weight excluding hydrogens is 188 g/mol. The molecule has 82 valence electrons. The van der Waals surface area contributed by atoms with E-state index in [4.69, 9.17) is 0 Å². The van der Waals surface area contributed by atoms with Crippen molar-refractivity contribution in [2.75, 3.05) is 30.9 Å². The first-order chi connectivity index (χ1) is 7.20. The van der Waals surface area contributed by atoms with Gasteiger partial charge in [-0.05, 0) is 18.3 Å². The van der Waals surface area contributed by atoms with Crippen LogP contribution in [0.15, 0.2) is 12.4 Å². The number of nitrogens with one attached hydrogen (secondary N) is 1. The second kappa shape index (κ2) is 4.04. The third-order valence-corrected chi connectivity index (χ3v) is 3.08. The molecule has 1 saturated carbocycles. The van der Waals surface area contributed by atoms with Crippen molar-refractivity contribution in [2.24, 2.45) is 11.8 Å². The van der Waals surface area contributed by atoms with Gasteiger partial charge in [-0.25, -0.2) is 9.97 Å². The number of hydrogen-bond donors (Lipinski definition) is 1. The maximum atomic E-state index is 4.27. The second-order valence-electron chi connectivity index (χ2n) is 4.37. The lowest BCUT2D eigenvalue weighted by Gasteiger charge is -2.18. The predicted octanol–water partition coefficient (Wildman–Crippen LogP) is 1.61. The molecule has 1 N–H and O–H groups in total. The van der Waals surface area contributed by atoms with Crippen LogP contribution in [0.4, 0.5) is 11.6 Å². The molecular formula is C11H18N4. The monoisotopic (exact) mass is 206 g/mol. The van der Waals surface area contributed by atoms with Crippen molar-refractivity contribution >= 4 is 11.6 Å². The number of aromatic nitrogens is 2. The average Bonchev–Trinajstić information content (AvgIpc) is 2.94. The number of hydrogen-bond acceptors (Lipinski definition) is 4. The van der Waals surface area contributed by atoms with Gasteiger partial charge >= 0.3 is 0 Å². The van der Waals surface area contributed by atoms with Gasteiger partial charge in [0.25, 0.3) is 0 Å². The highest BCUT2D eigenvalue weighted by atomic mass is 15.2. The summed E-state index contributed by atoms with van der Waals surface area (Å²) in [6, 6.07) is 1.98. The molecule has 0 radical (unpaired) electrons. The van der Waals surface area contributed by atoms with Crippen LogP contribution in [-0.2, 0) is 0 Å². The van der Waals surface area contributed by atoms with Crippen molar-refractivity contribution in [3.05, 3.63) is 12.4 Å². The first-order valence-corrected chi connectivity index (χ1v) is 5.41. The minimum Gasteiger partial charge on any atom is -0.373 e. The molecule has 0 aromatic carbocycles. The van der Waals surface area contributed by atoms with Crippen LogP contribution >= 0.6 is 0 Å². The molecule has 1 heterocycles. The highest BCUT2D eigenvalue weighted by Gasteiger charge is 2.33. The smallest absolute Gasteiger partial charge is 0.133 e. The molecule has 0 aliphatic heterocycles. The quantitative estimate of drug-likeness (QED) is 0.812. The molecule has 2 unspecified atom stereocenters. The van der Waals surface area contributed by atoms with Crippen LogP contribution < -0.4 is 10.2 Å². The minimum absolute atomic E-state index is 0.850. The molecule has 0 bridgehead atoms. The van der Waals surface area contributed by atoms with E-state index in [0.717, 1.165) is 30.0 Å². The van der Waals surface area contributed by atoms with Crippen LogP contribution in [-0.4, -0.2) is 30.6 Å². The van der Waals surface area contributed by atoms with Gasteiger partial charge in [-0.15, -0.1) is 0 Å². The molecule has 2 rings (SSSR count). The molecule has 0 saturated heterocycles. The van der Waals surface area contributed by atoms with E-state index in [1.807, 2.05) is 13.1 Å². The SMILES string of the molecule is CNc1cc(N(C)CC2CC2C)ncn1. The minimum atomic E-state index is 0.850. The lowest BCUT2D eigenvalue weighted by atomic mass is 10.3. The van der Waals surface area contributed by atoms with Crippen LogP contribution in [0.5, 0.6) is 0 Å². The second-order valence-corrected chi connectivity index (χ2v) is 4.37. The van der Waals surface area contributed by atoms with E-state index in [2.05, 4.69) is 34.2 Å². The standard InChI is InChI=1S/C11H18N4/c1-8-4-9(8)6-15(3)11-5-10(12-2)13-7-14-11/h5,7-9H,4,6H2,1-3H3,(H,12,13,14). The summed E-state index contributed by atoms with van der Waals surface area (Å²) < 4.78 is 0. The average molecular weight is 206 g/mol. The number of anilines is 2. The Balaban J connectivity index is 2.00. The molecule has 1 aliphatic carbocycles. The van der Waals surface area contributed by atoms with Crippen molar-refractivity contribution in [3.63, 3.8) is 0 Å². The molecule has 1 aliphatic rings. The summed E-state index contributed by atoms with van der Waals surface area (Å²) in [5.41, 5.74) is 0. The normalized spacial score (nSPS) is 23.7. The Hall–Kier alpha value is -1.32. The van der Waals surface area contributed by atoms with Gasteiger partial charge in [0.05, 0.1) is 0 Å². The zero-order chi connectivity index (χ0) is 10.8. The van der Waals surface area contributed by atoms with E-state index in [-0.39, 0.29) is 0 Å². The van der Waals surface area contributed by atoms with Gasteiger partial charge in [0.2, 0.25) is 0 Å². The summed E-state index contributed by atoms with van der Waals surface area (Å²) in [5.74, 6) is 3.60. The number of nitrogens with zero attached hydrogens (tertiary/aromatic N) is 3. The van der Waals surface area contributed by atoms with Crippen molar-refractivity contribution in [2.45, 2.75) is 13.3 Å².